The molecular formula is C24H26N3O2+. The van der Waals surface area contributed by atoms with Crippen LogP contribution in [0.3, 0.4) is 0 Å². The van der Waals surface area contributed by atoms with Gasteiger partial charge in [0.1, 0.15) is 30.7 Å². The van der Waals surface area contributed by atoms with Crippen molar-refractivity contribution in [2.24, 2.45) is 0 Å². The normalized spacial score (nSPS) is 16.5. The van der Waals surface area contributed by atoms with Crippen LogP contribution >= 0.6 is 0 Å². The van der Waals surface area contributed by atoms with Crippen molar-refractivity contribution in [1.82, 2.24) is 5.16 Å². The summed E-state index contributed by atoms with van der Waals surface area (Å²) in [6.07, 6.45) is 5.77. The highest BCUT2D eigenvalue weighted by atomic mass is 16.5. The first kappa shape index (κ1) is 19.2. The van der Waals surface area contributed by atoms with Crippen LogP contribution in [0.25, 0.3) is 22.6 Å². The number of rotatable bonds is 6. The Morgan fingerprint density at radius 3 is 2.72 bits per heavy atom. The van der Waals surface area contributed by atoms with E-state index in [4.69, 9.17) is 9.26 Å². The summed E-state index contributed by atoms with van der Waals surface area (Å²) in [4.78, 5) is 0. The van der Waals surface area contributed by atoms with Crippen LogP contribution in [-0.4, -0.2) is 42.9 Å². The van der Waals surface area contributed by atoms with Gasteiger partial charge in [0.25, 0.3) is 0 Å². The molecule has 0 unspecified atom stereocenters. The largest absolute Gasteiger partial charge is 0.487 e. The van der Waals surface area contributed by atoms with Gasteiger partial charge in [-0.3, -0.25) is 0 Å². The van der Waals surface area contributed by atoms with Crippen LogP contribution in [-0.2, 0) is 0 Å². The molecule has 29 heavy (non-hydrogen) atoms. The molecule has 0 spiro atoms. The Kier molecular flexibility index (Phi) is 5.64. The van der Waals surface area contributed by atoms with E-state index in [9.17, 15) is 5.26 Å². The van der Waals surface area contributed by atoms with Crippen molar-refractivity contribution in [3.05, 3.63) is 59.8 Å². The van der Waals surface area contributed by atoms with E-state index in [2.05, 4.69) is 18.3 Å². The molecule has 2 aromatic carbocycles. The van der Waals surface area contributed by atoms with Crippen LogP contribution < -0.4 is 4.74 Å². The van der Waals surface area contributed by atoms with Crippen molar-refractivity contribution < 1.29 is 13.7 Å². The highest BCUT2D eigenvalue weighted by Crippen LogP contribution is 2.28. The van der Waals surface area contributed by atoms with Crippen molar-refractivity contribution in [1.29, 1.82) is 5.26 Å². The monoisotopic (exact) mass is 388 g/mol. The molecule has 1 fully saturated rings. The Labute approximate surface area is 171 Å². The van der Waals surface area contributed by atoms with Crippen LogP contribution in [0.15, 0.2) is 53.1 Å². The van der Waals surface area contributed by atoms with Crippen molar-refractivity contribution in [3.8, 4) is 11.8 Å². The van der Waals surface area contributed by atoms with Crippen LogP contribution in [0.2, 0.25) is 0 Å². The van der Waals surface area contributed by atoms with Gasteiger partial charge in [-0.2, -0.15) is 5.26 Å². The second-order valence-electron chi connectivity index (χ2n) is 7.93. The molecule has 148 valence electrons. The zero-order valence-corrected chi connectivity index (χ0v) is 16.8. The van der Waals surface area contributed by atoms with Crippen molar-refractivity contribution in [2.45, 2.75) is 19.3 Å². The van der Waals surface area contributed by atoms with Gasteiger partial charge in [0, 0.05) is 5.56 Å². The first-order valence-corrected chi connectivity index (χ1v) is 10.2. The molecule has 0 amide bonds. The second kappa shape index (κ2) is 8.50. The van der Waals surface area contributed by atoms with Gasteiger partial charge in [-0.25, -0.2) is 0 Å². The van der Waals surface area contributed by atoms with Gasteiger partial charge >= 0.3 is 0 Å². The third-order valence-electron chi connectivity index (χ3n) is 5.76. The third-order valence-corrected chi connectivity index (χ3v) is 5.76. The van der Waals surface area contributed by atoms with Crippen molar-refractivity contribution in [3.63, 3.8) is 0 Å². The zero-order valence-electron chi connectivity index (χ0n) is 16.8. The summed E-state index contributed by atoms with van der Waals surface area (Å²) in [5, 5.41) is 14.7. The number of allylic oxidation sites excluding steroid dienone is 1. The van der Waals surface area contributed by atoms with Crippen LogP contribution in [0, 0.1) is 11.3 Å². The van der Waals surface area contributed by atoms with E-state index < -0.39 is 0 Å². The number of likely N-dealkylation sites (N-methyl/N-ethyl adjacent to an activating group) is 1. The molecule has 4 rings (SSSR count). The second-order valence-corrected chi connectivity index (χ2v) is 7.93. The molecule has 2 heterocycles. The number of nitriles is 1. The minimum atomic E-state index is 0.459. The maximum absolute atomic E-state index is 9.75. The van der Waals surface area contributed by atoms with E-state index in [1.54, 1.807) is 0 Å². The molecule has 1 saturated heterocycles. The maximum atomic E-state index is 9.75. The van der Waals surface area contributed by atoms with Crippen molar-refractivity contribution >= 4 is 22.6 Å². The molecule has 1 aliphatic heterocycles. The number of quaternary nitrogens is 1. The molecule has 0 bridgehead atoms. The topological polar surface area (TPSA) is 59.0 Å². The molecular weight excluding hydrogens is 362 g/mol. The average Bonchev–Trinajstić information content (AvgIpc) is 3.17. The van der Waals surface area contributed by atoms with Gasteiger partial charge in [-0.15, -0.1) is 0 Å². The fourth-order valence-electron chi connectivity index (χ4n) is 4.00. The lowest BCUT2D eigenvalue weighted by molar-refractivity contribution is -0.914. The molecule has 0 N–H and O–H groups in total. The van der Waals surface area contributed by atoms with E-state index in [0.29, 0.717) is 23.5 Å². The molecule has 0 saturated carbocycles. The lowest BCUT2D eigenvalue weighted by Crippen LogP contribution is -2.50. The maximum Gasteiger partial charge on any atom is 0.167 e. The first-order chi connectivity index (χ1) is 14.2. The minimum absolute atomic E-state index is 0.459. The van der Waals surface area contributed by atoms with Gasteiger partial charge in [0.2, 0.25) is 0 Å². The predicted molar refractivity (Wildman–Crippen MR) is 114 cm³/mol. The number of hydrogen-bond donors (Lipinski definition) is 0. The van der Waals surface area contributed by atoms with E-state index in [-0.39, 0.29) is 0 Å². The molecule has 3 aromatic rings. The molecule has 1 aromatic heterocycles. The SMILES string of the molecule is C[N+]1(CCOc2ccccc2/C=C(\C#N)c2noc3ccccc23)CCCCC1. The summed E-state index contributed by atoms with van der Waals surface area (Å²) in [6.45, 7) is 4.11. The summed E-state index contributed by atoms with van der Waals surface area (Å²) >= 11 is 0. The van der Waals surface area contributed by atoms with Gasteiger partial charge < -0.3 is 13.7 Å². The van der Waals surface area contributed by atoms with Gasteiger partial charge in [-0.05, 0) is 43.5 Å². The summed E-state index contributed by atoms with van der Waals surface area (Å²) in [5.74, 6) is 0.789. The van der Waals surface area contributed by atoms with Crippen molar-refractivity contribution in [2.75, 3.05) is 33.3 Å². The number of aromatic nitrogens is 1. The Morgan fingerprint density at radius 2 is 1.90 bits per heavy atom. The zero-order chi connectivity index (χ0) is 20.1. The number of ether oxygens (including phenoxy) is 1. The van der Waals surface area contributed by atoms with Gasteiger partial charge in [-0.1, -0.05) is 35.5 Å². The summed E-state index contributed by atoms with van der Waals surface area (Å²) in [7, 11) is 2.32. The molecule has 0 radical (unpaired) electrons. The Bertz CT molecular complexity index is 1060. The lowest BCUT2D eigenvalue weighted by Gasteiger charge is -2.37. The number of nitrogens with zero attached hydrogens (tertiary/aromatic N) is 3. The molecule has 5 nitrogen and oxygen atoms in total. The summed E-state index contributed by atoms with van der Waals surface area (Å²) in [5.41, 5.74) is 2.56. The molecule has 0 atom stereocenters. The fourth-order valence-corrected chi connectivity index (χ4v) is 4.00. The van der Waals surface area contributed by atoms with Gasteiger partial charge in [0.15, 0.2) is 5.58 Å². The third kappa shape index (κ3) is 4.33. The summed E-state index contributed by atoms with van der Waals surface area (Å²) < 4.78 is 12.6. The standard InChI is InChI=1S/C24H26N3O2/c1-27(13-7-2-8-14-27)15-16-28-22-11-5-3-9-19(22)17-20(18-25)24-21-10-4-6-12-23(21)29-26-24/h3-6,9-12,17H,2,7-8,13-16H2,1H3/q+1/b20-17+. The van der Waals surface area contributed by atoms with Crippen LogP contribution in [0.4, 0.5) is 0 Å². The van der Waals surface area contributed by atoms with E-state index in [1.165, 1.54) is 32.4 Å². The number of hydrogen-bond acceptors (Lipinski definition) is 4. The highest BCUT2D eigenvalue weighted by Gasteiger charge is 2.24. The smallest absolute Gasteiger partial charge is 0.167 e. The minimum Gasteiger partial charge on any atom is -0.487 e. The average molecular weight is 388 g/mol. The number of likely N-dealkylation sites (tertiary alicyclic amines) is 1. The summed E-state index contributed by atoms with van der Waals surface area (Å²) in [6, 6.07) is 17.7. The van der Waals surface area contributed by atoms with E-state index in [0.717, 1.165) is 27.7 Å². The number of benzene rings is 2. The molecule has 5 heteroatoms. The van der Waals surface area contributed by atoms with Crippen LogP contribution in [0.5, 0.6) is 5.75 Å². The van der Waals surface area contributed by atoms with E-state index >= 15 is 0 Å². The lowest BCUT2D eigenvalue weighted by atomic mass is 10.1. The van der Waals surface area contributed by atoms with Gasteiger partial charge in [0.05, 0.1) is 31.1 Å². The molecule has 0 aliphatic carbocycles. The number of piperidine rings is 1. The quantitative estimate of drug-likeness (QED) is 0.445. The first-order valence-electron chi connectivity index (χ1n) is 10.2. The Hall–Kier alpha value is -3.10. The highest BCUT2D eigenvalue weighted by molar-refractivity contribution is 5.99. The number of para-hydroxylation sites is 2. The van der Waals surface area contributed by atoms with Crippen LogP contribution in [0.1, 0.15) is 30.5 Å². The fraction of sp³-hybridized carbons (Fsp3) is 0.333. The number of fused-ring (bicyclic) bond motifs is 1. The molecule has 1 aliphatic rings. The Balaban J connectivity index is 1.55. The Morgan fingerprint density at radius 1 is 1.14 bits per heavy atom. The van der Waals surface area contributed by atoms with E-state index in [1.807, 2.05) is 54.6 Å². The predicted octanol–water partition coefficient (Wildman–Crippen LogP) is 4.90.